The van der Waals surface area contributed by atoms with Crippen LogP contribution in [0.25, 0.3) is 11.2 Å². The summed E-state index contributed by atoms with van der Waals surface area (Å²) in [6, 6.07) is 8.32. The van der Waals surface area contributed by atoms with Gasteiger partial charge in [-0.15, -0.1) is 0 Å². The fourth-order valence-corrected chi connectivity index (χ4v) is 2.81. The Balaban J connectivity index is 2.22. The van der Waals surface area contributed by atoms with Gasteiger partial charge in [-0.2, -0.15) is 4.98 Å². The smallest absolute Gasteiger partial charge is 0.329 e. The third kappa shape index (κ3) is 3.22. The molecule has 0 saturated heterocycles. The predicted octanol–water partition coefficient (Wildman–Crippen LogP) is 1.99. The van der Waals surface area contributed by atoms with Gasteiger partial charge in [0.1, 0.15) is 0 Å². The molecule has 0 spiro atoms. The van der Waals surface area contributed by atoms with Crippen molar-refractivity contribution in [1.82, 2.24) is 19.1 Å². The molecule has 2 heterocycles. The van der Waals surface area contributed by atoms with E-state index in [4.69, 9.17) is 0 Å². The van der Waals surface area contributed by atoms with Crippen molar-refractivity contribution in [3.05, 3.63) is 56.2 Å². The summed E-state index contributed by atoms with van der Waals surface area (Å²) in [6.45, 7) is 6.66. The van der Waals surface area contributed by atoms with E-state index in [9.17, 15) is 9.59 Å². The maximum atomic E-state index is 12.4. The molecule has 1 atom stereocenters. The molecule has 0 aliphatic rings. The summed E-state index contributed by atoms with van der Waals surface area (Å²) in [7, 11) is 1.61. The minimum Gasteiger partial charge on any atom is -0.353 e. The quantitative estimate of drug-likeness (QED) is 0.743. The number of rotatable bonds is 5. The molecule has 2 aromatic heterocycles. The first kappa shape index (κ1) is 17.0. The SMILES string of the molecule is CC[C@H](C)Nc1nc2c(c(=O)[nH]c(=O)n2C)n1Cc1cccc(C)c1. The Morgan fingerprint density at radius 3 is 2.76 bits per heavy atom. The molecule has 1 aromatic carbocycles. The maximum Gasteiger partial charge on any atom is 0.329 e. The minimum absolute atomic E-state index is 0.198. The Bertz CT molecular complexity index is 1030. The molecule has 0 fully saturated rings. The number of aromatic nitrogens is 4. The Morgan fingerprint density at radius 2 is 2.08 bits per heavy atom. The standard InChI is InChI=1S/C18H23N5O2/c1-5-12(3)19-17-20-15-14(16(24)21-18(25)22(15)4)23(17)10-13-8-6-7-11(2)9-13/h6-9,12H,5,10H2,1-4H3,(H,19,20)(H,21,24,25)/t12-/m0/s1. The first-order valence-electron chi connectivity index (χ1n) is 8.42. The van der Waals surface area contributed by atoms with Gasteiger partial charge >= 0.3 is 5.69 Å². The van der Waals surface area contributed by atoms with E-state index in [-0.39, 0.29) is 6.04 Å². The summed E-state index contributed by atoms with van der Waals surface area (Å²) in [5, 5.41) is 3.34. The molecule has 0 aliphatic heterocycles. The molecule has 0 amide bonds. The molecule has 25 heavy (non-hydrogen) atoms. The number of imidazole rings is 1. The van der Waals surface area contributed by atoms with Crippen molar-refractivity contribution >= 4 is 17.1 Å². The zero-order valence-electron chi connectivity index (χ0n) is 15.0. The zero-order valence-corrected chi connectivity index (χ0v) is 15.0. The Labute approximate surface area is 145 Å². The van der Waals surface area contributed by atoms with Crippen molar-refractivity contribution in [3.63, 3.8) is 0 Å². The van der Waals surface area contributed by atoms with Gasteiger partial charge in [0.15, 0.2) is 11.2 Å². The maximum absolute atomic E-state index is 12.4. The van der Waals surface area contributed by atoms with Crippen LogP contribution < -0.4 is 16.6 Å². The first-order valence-corrected chi connectivity index (χ1v) is 8.42. The molecule has 0 saturated carbocycles. The van der Waals surface area contributed by atoms with E-state index in [1.54, 1.807) is 7.05 Å². The van der Waals surface area contributed by atoms with Crippen LogP contribution in [0.2, 0.25) is 0 Å². The Hall–Kier alpha value is -2.83. The third-order valence-electron chi connectivity index (χ3n) is 4.42. The second kappa shape index (κ2) is 6.58. The van der Waals surface area contributed by atoms with Crippen molar-refractivity contribution in [2.75, 3.05) is 5.32 Å². The molecule has 7 heteroatoms. The van der Waals surface area contributed by atoms with Crippen molar-refractivity contribution in [2.45, 2.75) is 39.8 Å². The van der Waals surface area contributed by atoms with Gasteiger partial charge in [-0.25, -0.2) is 4.79 Å². The highest BCUT2D eigenvalue weighted by atomic mass is 16.2. The van der Waals surface area contributed by atoms with Crippen molar-refractivity contribution in [1.29, 1.82) is 0 Å². The first-order chi connectivity index (χ1) is 11.9. The van der Waals surface area contributed by atoms with E-state index >= 15 is 0 Å². The van der Waals surface area contributed by atoms with Gasteiger partial charge in [-0.05, 0) is 25.8 Å². The summed E-state index contributed by atoms with van der Waals surface area (Å²) < 4.78 is 3.21. The predicted molar refractivity (Wildman–Crippen MR) is 99.3 cm³/mol. The number of nitrogens with zero attached hydrogens (tertiary/aromatic N) is 3. The van der Waals surface area contributed by atoms with Crippen LogP contribution in [0, 0.1) is 6.92 Å². The Kier molecular flexibility index (Phi) is 4.48. The van der Waals surface area contributed by atoms with Gasteiger partial charge in [0.25, 0.3) is 5.56 Å². The van der Waals surface area contributed by atoms with E-state index in [1.165, 1.54) is 4.57 Å². The van der Waals surface area contributed by atoms with E-state index in [2.05, 4.69) is 35.2 Å². The summed E-state index contributed by atoms with van der Waals surface area (Å²) in [5.74, 6) is 0.595. The van der Waals surface area contributed by atoms with Crippen LogP contribution in [-0.4, -0.2) is 25.1 Å². The van der Waals surface area contributed by atoms with Crippen LogP contribution in [0.4, 0.5) is 5.95 Å². The van der Waals surface area contributed by atoms with Crippen LogP contribution in [0.1, 0.15) is 31.4 Å². The number of benzene rings is 1. The summed E-state index contributed by atoms with van der Waals surface area (Å²) in [5.41, 5.74) is 2.12. The molecule has 3 aromatic rings. The molecular formula is C18H23N5O2. The van der Waals surface area contributed by atoms with Crippen molar-refractivity contribution in [2.24, 2.45) is 7.05 Å². The van der Waals surface area contributed by atoms with Gasteiger partial charge in [0.2, 0.25) is 5.95 Å². The monoisotopic (exact) mass is 341 g/mol. The van der Waals surface area contributed by atoms with E-state index in [1.807, 2.05) is 29.7 Å². The van der Waals surface area contributed by atoms with Gasteiger partial charge in [-0.1, -0.05) is 36.8 Å². The molecule has 7 nitrogen and oxygen atoms in total. The fraction of sp³-hybridized carbons (Fsp3) is 0.389. The lowest BCUT2D eigenvalue weighted by atomic mass is 10.1. The summed E-state index contributed by atoms with van der Waals surface area (Å²) in [4.78, 5) is 31.2. The number of H-pyrrole nitrogens is 1. The molecule has 132 valence electrons. The number of hydrogen-bond acceptors (Lipinski definition) is 4. The van der Waals surface area contributed by atoms with Crippen LogP contribution in [-0.2, 0) is 13.6 Å². The van der Waals surface area contributed by atoms with E-state index < -0.39 is 11.2 Å². The molecule has 0 radical (unpaired) electrons. The number of aryl methyl sites for hydroxylation is 2. The molecule has 0 bridgehead atoms. The average Bonchev–Trinajstić information content (AvgIpc) is 2.91. The second-order valence-electron chi connectivity index (χ2n) is 6.45. The number of aromatic amines is 1. The van der Waals surface area contributed by atoms with Crippen LogP contribution in [0.15, 0.2) is 33.9 Å². The lowest BCUT2D eigenvalue weighted by Gasteiger charge is -2.14. The molecule has 0 unspecified atom stereocenters. The van der Waals surface area contributed by atoms with E-state index in [0.29, 0.717) is 23.7 Å². The number of fused-ring (bicyclic) bond motifs is 1. The summed E-state index contributed by atoms with van der Waals surface area (Å²) >= 11 is 0. The number of nitrogens with one attached hydrogen (secondary N) is 2. The van der Waals surface area contributed by atoms with Crippen molar-refractivity contribution < 1.29 is 0 Å². The third-order valence-corrected chi connectivity index (χ3v) is 4.42. The minimum atomic E-state index is -0.465. The highest BCUT2D eigenvalue weighted by molar-refractivity contribution is 5.74. The number of anilines is 1. The molecular weight excluding hydrogens is 318 g/mol. The van der Waals surface area contributed by atoms with Gasteiger partial charge < -0.3 is 5.32 Å². The fourth-order valence-electron chi connectivity index (χ4n) is 2.81. The average molecular weight is 341 g/mol. The largest absolute Gasteiger partial charge is 0.353 e. The molecule has 0 aliphatic carbocycles. The topological polar surface area (TPSA) is 84.7 Å². The van der Waals surface area contributed by atoms with Crippen LogP contribution >= 0.6 is 0 Å². The zero-order chi connectivity index (χ0) is 18.1. The van der Waals surface area contributed by atoms with E-state index in [0.717, 1.165) is 17.5 Å². The van der Waals surface area contributed by atoms with Crippen LogP contribution in [0.5, 0.6) is 0 Å². The van der Waals surface area contributed by atoms with Gasteiger partial charge in [0, 0.05) is 13.1 Å². The lowest BCUT2D eigenvalue weighted by molar-refractivity contribution is 0.729. The lowest BCUT2D eigenvalue weighted by Crippen LogP contribution is -2.29. The highest BCUT2D eigenvalue weighted by Gasteiger charge is 2.18. The normalized spacial score (nSPS) is 12.5. The van der Waals surface area contributed by atoms with Gasteiger partial charge in [0.05, 0.1) is 6.54 Å². The van der Waals surface area contributed by atoms with Crippen LogP contribution in [0.3, 0.4) is 0 Å². The Morgan fingerprint density at radius 1 is 1.32 bits per heavy atom. The molecule has 3 rings (SSSR count). The van der Waals surface area contributed by atoms with Gasteiger partial charge in [-0.3, -0.25) is 18.9 Å². The highest BCUT2D eigenvalue weighted by Crippen LogP contribution is 2.19. The van der Waals surface area contributed by atoms with Crippen molar-refractivity contribution in [3.8, 4) is 0 Å². The second-order valence-corrected chi connectivity index (χ2v) is 6.45. The number of hydrogen-bond donors (Lipinski definition) is 2. The molecule has 2 N–H and O–H groups in total. The summed E-state index contributed by atoms with van der Waals surface area (Å²) in [6.07, 6.45) is 0.920.